The summed E-state index contributed by atoms with van der Waals surface area (Å²) in [5.74, 6) is 0.370. The molecule has 4 rings (SSSR count). The minimum absolute atomic E-state index is 0.117. The lowest BCUT2D eigenvalue weighted by atomic mass is 10.2. The molecule has 6 heteroatoms. The normalized spacial score (nSPS) is 17.3. The van der Waals surface area contributed by atoms with Crippen LogP contribution in [0.5, 0.6) is 0 Å². The summed E-state index contributed by atoms with van der Waals surface area (Å²) in [7, 11) is 0. The zero-order valence-corrected chi connectivity index (χ0v) is 13.5. The van der Waals surface area contributed by atoms with E-state index in [0.29, 0.717) is 34.3 Å². The molecular formula is C18H15ClN2O3. The topological polar surface area (TPSA) is 64.4 Å². The number of anilines is 1. The van der Waals surface area contributed by atoms with Crippen LogP contribution in [0.3, 0.4) is 0 Å². The standard InChI is InChI=1S/C18H15ClN2O3/c19-12-6-7-15-14(10-12)21-18(24-15)11-3-1-4-13(9-11)20-17(22)16-5-2-8-23-16/h1,3-4,6-7,9-10,16H,2,5,8H2,(H,20,22)/t16-/m0/s1. The van der Waals surface area contributed by atoms with Gasteiger partial charge in [-0.05, 0) is 49.2 Å². The van der Waals surface area contributed by atoms with Crippen LogP contribution in [0.25, 0.3) is 22.6 Å². The third-order valence-corrected chi connectivity index (χ3v) is 4.18. The highest BCUT2D eigenvalue weighted by atomic mass is 35.5. The van der Waals surface area contributed by atoms with E-state index in [2.05, 4.69) is 10.3 Å². The number of nitrogens with one attached hydrogen (secondary N) is 1. The lowest BCUT2D eigenvalue weighted by Gasteiger charge is -2.10. The maximum absolute atomic E-state index is 12.2. The minimum Gasteiger partial charge on any atom is -0.436 e. The van der Waals surface area contributed by atoms with E-state index in [9.17, 15) is 4.79 Å². The Bertz CT molecular complexity index is 900. The van der Waals surface area contributed by atoms with Gasteiger partial charge in [0.2, 0.25) is 5.89 Å². The van der Waals surface area contributed by atoms with Gasteiger partial charge < -0.3 is 14.5 Å². The SMILES string of the molecule is O=C(Nc1cccc(-c2nc3cc(Cl)ccc3o2)c1)[C@@H]1CCCO1. The molecule has 2 heterocycles. The molecule has 0 radical (unpaired) electrons. The maximum atomic E-state index is 12.2. The van der Waals surface area contributed by atoms with Crippen LogP contribution in [0.1, 0.15) is 12.8 Å². The van der Waals surface area contributed by atoms with Crippen LogP contribution in [0, 0.1) is 0 Å². The van der Waals surface area contributed by atoms with Gasteiger partial charge in [-0.25, -0.2) is 4.98 Å². The Balaban J connectivity index is 1.60. The number of rotatable bonds is 3. The molecule has 0 aliphatic carbocycles. The first-order valence-corrected chi connectivity index (χ1v) is 8.16. The number of hydrogen-bond donors (Lipinski definition) is 1. The van der Waals surface area contributed by atoms with Gasteiger partial charge in [-0.3, -0.25) is 4.79 Å². The first kappa shape index (κ1) is 15.2. The number of carbonyl (C=O) groups excluding carboxylic acids is 1. The number of benzene rings is 2. The Kier molecular flexibility index (Phi) is 3.96. The van der Waals surface area contributed by atoms with Gasteiger partial charge in [0.25, 0.3) is 5.91 Å². The number of amides is 1. The van der Waals surface area contributed by atoms with Crippen molar-refractivity contribution in [2.75, 3.05) is 11.9 Å². The molecule has 24 heavy (non-hydrogen) atoms. The van der Waals surface area contributed by atoms with Gasteiger partial charge in [-0.2, -0.15) is 0 Å². The van der Waals surface area contributed by atoms with Crippen LogP contribution >= 0.6 is 11.6 Å². The van der Waals surface area contributed by atoms with Crippen molar-refractivity contribution < 1.29 is 13.9 Å². The number of hydrogen-bond acceptors (Lipinski definition) is 4. The molecule has 0 unspecified atom stereocenters. The summed E-state index contributed by atoms with van der Waals surface area (Å²) in [6.07, 6.45) is 1.32. The molecule has 1 N–H and O–H groups in total. The van der Waals surface area contributed by atoms with E-state index in [0.717, 1.165) is 18.4 Å². The van der Waals surface area contributed by atoms with Gasteiger partial charge in [0.05, 0.1) is 0 Å². The second-order valence-corrected chi connectivity index (χ2v) is 6.14. The van der Waals surface area contributed by atoms with Crippen LogP contribution in [-0.2, 0) is 9.53 Å². The highest BCUT2D eigenvalue weighted by molar-refractivity contribution is 6.31. The first-order chi connectivity index (χ1) is 11.7. The monoisotopic (exact) mass is 342 g/mol. The Morgan fingerprint density at radius 3 is 3.00 bits per heavy atom. The predicted molar refractivity (Wildman–Crippen MR) is 92.1 cm³/mol. The molecule has 0 bridgehead atoms. The molecule has 1 fully saturated rings. The smallest absolute Gasteiger partial charge is 0.253 e. The summed E-state index contributed by atoms with van der Waals surface area (Å²) in [5.41, 5.74) is 2.84. The van der Waals surface area contributed by atoms with Crippen molar-refractivity contribution in [1.82, 2.24) is 4.98 Å². The number of oxazole rings is 1. The summed E-state index contributed by atoms with van der Waals surface area (Å²) >= 11 is 5.98. The molecule has 1 saturated heterocycles. The van der Waals surface area contributed by atoms with E-state index >= 15 is 0 Å². The molecule has 1 aromatic heterocycles. The molecule has 1 aliphatic heterocycles. The highest BCUT2D eigenvalue weighted by Gasteiger charge is 2.23. The van der Waals surface area contributed by atoms with E-state index in [-0.39, 0.29) is 12.0 Å². The zero-order valence-electron chi connectivity index (χ0n) is 12.8. The second kappa shape index (κ2) is 6.26. The van der Waals surface area contributed by atoms with E-state index in [1.54, 1.807) is 18.2 Å². The van der Waals surface area contributed by atoms with Gasteiger partial charge >= 0.3 is 0 Å². The highest BCUT2D eigenvalue weighted by Crippen LogP contribution is 2.28. The summed E-state index contributed by atoms with van der Waals surface area (Å²) in [6, 6.07) is 12.7. The third kappa shape index (κ3) is 3.00. The van der Waals surface area contributed by atoms with Gasteiger partial charge in [0, 0.05) is 22.9 Å². The summed E-state index contributed by atoms with van der Waals surface area (Å²) in [6.45, 7) is 0.642. The van der Waals surface area contributed by atoms with Crippen molar-refractivity contribution in [1.29, 1.82) is 0 Å². The zero-order chi connectivity index (χ0) is 16.5. The third-order valence-electron chi connectivity index (χ3n) is 3.95. The summed E-state index contributed by atoms with van der Waals surface area (Å²) in [4.78, 5) is 16.6. The molecule has 0 spiro atoms. The van der Waals surface area contributed by atoms with Gasteiger partial charge in [0.1, 0.15) is 11.6 Å². The van der Waals surface area contributed by atoms with Crippen LogP contribution in [0.4, 0.5) is 5.69 Å². The van der Waals surface area contributed by atoms with E-state index in [1.807, 2.05) is 24.3 Å². The van der Waals surface area contributed by atoms with Crippen molar-refractivity contribution in [3.63, 3.8) is 0 Å². The number of fused-ring (bicyclic) bond motifs is 1. The van der Waals surface area contributed by atoms with E-state index in [4.69, 9.17) is 20.8 Å². The van der Waals surface area contributed by atoms with Crippen molar-refractivity contribution in [3.05, 3.63) is 47.5 Å². The van der Waals surface area contributed by atoms with Crippen LogP contribution in [0.15, 0.2) is 46.9 Å². The fraction of sp³-hybridized carbons (Fsp3) is 0.222. The Morgan fingerprint density at radius 1 is 1.25 bits per heavy atom. The quantitative estimate of drug-likeness (QED) is 0.772. The molecule has 2 aromatic carbocycles. The van der Waals surface area contributed by atoms with E-state index in [1.165, 1.54) is 0 Å². The van der Waals surface area contributed by atoms with Gasteiger partial charge in [0.15, 0.2) is 5.58 Å². The number of ether oxygens (including phenoxy) is 1. The minimum atomic E-state index is -0.361. The average molecular weight is 343 g/mol. The fourth-order valence-electron chi connectivity index (χ4n) is 2.76. The van der Waals surface area contributed by atoms with Crippen molar-refractivity contribution >= 4 is 34.3 Å². The lowest BCUT2D eigenvalue weighted by Crippen LogP contribution is -2.26. The Hall–Kier alpha value is -2.37. The van der Waals surface area contributed by atoms with Gasteiger partial charge in [-0.1, -0.05) is 17.7 Å². The average Bonchev–Trinajstić information content (AvgIpc) is 3.24. The number of aromatic nitrogens is 1. The molecule has 1 amide bonds. The van der Waals surface area contributed by atoms with Crippen molar-refractivity contribution in [3.8, 4) is 11.5 Å². The van der Waals surface area contributed by atoms with Crippen molar-refractivity contribution in [2.45, 2.75) is 18.9 Å². The predicted octanol–water partition coefficient (Wildman–Crippen LogP) is 4.27. The van der Waals surface area contributed by atoms with Crippen molar-refractivity contribution in [2.24, 2.45) is 0 Å². The first-order valence-electron chi connectivity index (χ1n) is 7.78. The molecule has 3 aromatic rings. The second-order valence-electron chi connectivity index (χ2n) is 5.70. The van der Waals surface area contributed by atoms with Crippen LogP contribution < -0.4 is 5.32 Å². The molecule has 1 atom stereocenters. The maximum Gasteiger partial charge on any atom is 0.253 e. The van der Waals surface area contributed by atoms with Gasteiger partial charge in [-0.15, -0.1) is 0 Å². The molecular weight excluding hydrogens is 328 g/mol. The van der Waals surface area contributed by atoms with Crippen LogP contribution in [-0.4, -0.2) is 23.6 Å². The number of halogens is 1. The largest absolute Gasteiger partial charge is 0.436 e. The fourth-order valence-corrected chi connectivity index (χ4v) is 2.93. The molecule has 122 valence electrons. The van der Waals surface area contributed by atoms with Crippen LogP contribution in [0.2, 0.25) is 5.02 Å². The number of nitrogens with zero attached hydrogens (tertiary/aromatic N) is 1. The Labute approximate surface area is 143 Å². The summed E-state index contributed by atoms with van der Waals surface area (Å²) in [5, 5.41) is 3.49. The molecule has 5 nitrogen and oxygen atoms in total. The summed E-state index contributed by atoms with van der Waals surface area (Å²) < 4.78 is 11.2. The van der Waals surface area contributed by atoms with E-state index < -0.39 is 0 Å². The lowest BCUT2D eigenvalue weighted by molar-refractivity contribution is -0.124. The molecule has 1 aliphatic rings. The Morgan fingerprint density at radius 2 is 2.17 bits per heavy atom. The number of carbonyl (C=O) groups is 1. The molecule has 0 saturated carbocycles.